The Bertz CT molecular complexity index is 1340. The zero-order valence-electron chi connectivity index (χ0n) is 19.3. The summed E-state index contributed by atoms with van der Waals surface area (Å²) in [4.78, 5) is 23.3. The highest BCUT2D eigenvalue weighted by Crippen LogP contribution is 2.35. The van der Waals surface area contributed by atoms with Crippen molar-refractivity contribution in [3.05, 3.63) is 47.5 Å². The maximum atomic E-state index is 13.1. The van der Waals surface area contributed by atoms with Gasteiger partial charge in [-0.25, -0.2) is 4.98 Å². The molecular formula is C23H21F3N6O3. The molecule has 12 heteroatoms. The third-order valence-corrected chi connectivity index (χ3v) is 5.48. The van der Waals surface area contributed by atoms with Gasteiger partial charge in [-0.3, -0.25) is 19.4 Å². The van der Waals surface area contributed by atoms with Crippen LogP contribution in [0.2, 0.25) is 0 Å². The second-order valence-electron chi connectivity index (χ2n) is 8.49. The van der Waals surface area contributed by atoms with Crippen molar-refractivity contribution >= 4 is 11.6 Å². The van der Waals surface area contributed by atoms with Gasteiger partial charge in [0.1, 0.15) is 5.54 Å². The molecular weight excluding hydrogens is 465 g/mol. The maximum Gasteiger partial charge on any atom is 0.422 e. The fourth-order valence-electron chi connectivity index (χ4n) is 3.66. The van der Waals surface area contributed by atoms with Crippen molar-refractivity contribution in [2.24, 2.45) is 0 Å². The van der Waals surface area contributed by atoms with Gasteiger partial charge in [0.15, 0.2) is 12.4 Å². The van der Waals surface area contributed by atoms with Crippen LogP contribution in [0.3, 0.4) is 0 Å². The van der Waals surface area contributed by atoms with Crippen molar-refractivity contribution in [2.45, 2.75) is 39.0 Å². The van der Waals surface area contributed by atoms with Crippen LogP contribution in [0.1, 0.15) is 35.5 Å². The number of nitriles is 1. The first-order valence-corrected chi connectivity index (χ1v) is 10.5. The molecule has 182 valence electrons. The van der Waals surface area contributed by atoms with Gasteiger partial charge in [0.05, 0.1) is 54.8 Å². The first-order chi connectivity index (χ1) is 16.4. The lowest BCUT2D eigenvalue weighted by Gasteiger charge is -2.16. The zero-order chi connectivity index (χ0) is 25.5. The average Bonchev–Trinajstić information content (AvgIpc) is 3.42. The number of hydrogen-bond acceptors (Lipinski definition) is 7. The Hall–Kier alpha value is -4.14. The highest BCUT2D eigenvalue weighted by Gasteiger charge is 2.34. The van der Waals surface area contributed by atoms with Crippen LogP contribution < -0.4 is 14.4 Å². The summed E-state index contributed by atoms with van der Waals surface area (Å²) in [6, 6.07) is 5.19. The van der Waals surface area contributed by atoms with E-state index in [9.17, 15) is 23.2 Å². The van der Waals surface area contributed by atoms with Crippen LogP contribution in [0.5, 0.6) is 11.6 Å². The van der Waals surface area contributed by atoms with Gasteiger partial charge >= 0.3 is 6.18 Å². The van der Waals surface area contributed by atoms with E-state index in [1.807, 2.05) is 0 Å². The number of rotatable bonds is 6. The predicted molar refractivity (Wildman–Crippen MR) is 118 cm³/mol. The summed E-state index contributed by atoms with van der Waals surface area (Å²) in [6.07, 6.45) is 0.0250. The number of nitrogens with zero attached hydrogens (tertiary/aromatic N) is 6. The van der Waals surface area contributed by atoms with E-state index in [-0.39, 0.29) is 24.1 Å². The fraction of sp³-hybridized carbons (Fsp3) is 0.348. The van der Waals surface area contributed by atoms with Crippen molar-refractivity contribution in [1.29, 1.82) is 5.26 Å². The number of pyridine rings is 2. The van der Waals surface area contributed by atoms with Crippen molar-refractivity contribution in [3.8, 4) is 29.0 Å². The van der Waals surface area contributed by atoms with Crippen LogP contribution >= 0.6 is 0 Å². The fourth-order valence-corrected chi connectivity index (χ4v) is 3.66. The highest BCUT2D eigenvalue weighted by atomic mass is 19.4. The first kappa shape index (κ1) is 24.0. The van der Waals surface area contributed by atoms with Crippen molar-refractivity contribution in [1.82, 2.24) is 19.7 Å². The number of carbonyl (C=O) groups excluding carboxylic acids is 1. The molecule has 4 rings (SSSR count). The molecule has 3 aromatic rings. The van der Waals surface area contributed by atoms with E-state index in [0.29, 0.717) is 33.8 Å². The number of aromatic nitrogens is 4. The van der Waals surface area contributed by atoms with Crippen LogP contribution in [0.15, 0.2) is 30.7 Å². The molecule has 0 unspecified atom stereocenters. The largest absolute Gasteiger partial charge is 0.478 e. The van der Waals surface area contributed by atoms with Crippen LogP contribution in [0, 0.1) is 18.3 Å². The number of hydrogen-bond donors (Lipinski definition) is 0. The molecule has 1 amide bonds. The number of anilines is 1. The quantitative estimate of drug-likeness (QED) is 0.518. The standard InChI is InChI=1S/C23H21F3N6O3/c1-13-5-16(14-6-18(20(34-4)28-7-14)35-12-23(24,25)26)30-17-10-31(21(33)19(13)17)15-8-29-32(9-15)22(2,3)11-27/h5-9H,10,12H2,1-4H3. The summed E-state index contributed by atoms with van der Waals surface area (Å²) in [5.74, 6) is -0.519. The van der Waals surface area contributed by atoms with E-state index in [1.54, 1.807) is 33.0 Å². The second-order valence-corrected chi connectivity index (χ2v) is 8.49. The number of amides is 1. The molecule has 0 radical (unpaired) electrons. The zero-order valence-corrected chi connectivity index (χ0v) is 19.3. The highest BCUT2D eigenvalue weighted by molar-refractivity contribution is 6.10. The molecule has 0 aliphatic carbocycles. The predicted octanol–water partition coefficient (Wildman–Crippen LogP) is 4.02. The van der Waals surface area contributed by atoms with Crippen LogP contribution in [-0.2, 0) is 12.1 Å². The van der Waals surface area contributed by atoms with E-state index in [4.69, 9.17) is 9.47 Å². The molecule has 0 bridgehead atoms. The van der Waals surface area contributed by atoms with Crippen molar-refractivity contribution < 1.29 is 27.4 Å². The van der Waals surface area contributed by atoms with Gasteiger partial charge in [-0.2, -0.15) is 23.5 Å². The van der Waals surface area contributed by atoms with Crippen molar-refractivity contribution in [3.63, 3.8) is 0 Å². The van der Waals surface area contributed by atoms with Gasteiger partial charge in [0.25, 0.3) is 11.8 Å². The van der Waals surface area contributed by atoms with E-state index >= 15 is 0 Å². The number of aryl methyl sites for hydroxylation is 1. The molecule has 4 heterocycles. The molecule has 9 nitrogen and oxygen atoms in total. The normalized spacial score (nSPS) is 13.5. The van der Waals surface area contributed by atoms with Gasteiger partial charge < -0.3 is 9.47 Å². The summed E-state index contributed by atoms with van der Waals surface area (Å²) in [7, 11) is 1.28. The Morgan fingerprint density at radius 2 is 1.97 bits per heavy atom. The van der Waals surface area contributed by atoms with E-state index in [1.165, 1.54) is 35.2 Å². The lowest BCUT2D eigenvalue weighted by atomic mass is 10.0. The summed E-state index contributed by atoms with van der Waals surface area (Å²) in [6.45, 7) is 3.84. The monoisotopic (exact) mass is 486 g/mol. The van der Waals surface area contributed by atoms with Crippen LogP contribution in [0.4, 0.5) is 18.9 Å². The Morgan fingerprint density at radius 3 is 2.63 bits per heavy atom. The van der Waals surface area contributed by atoms with Gasteiger partial charge in [0.2, 0.25) is 0 Å². The number of ether oxygens (including phenoxy) is 2. The minimum atomic E-state index is -4.52. The topological polar surface area (TPSA) is 106 Å². The smallest absolute Gasteiger partial charge is 0.422 e. The van der Waals surface area contributed by atoms with E-state index in [2.05, 4.69) is 21.1 Å². The molecule has 0 fully saturated rings. The third-order valence-electron chi connectivity index (χ3n) is 5.48. The summed E-state index contributed by atoms with van der Waals surface area (Å²) >= 11 is 0. The number of methoxy groups -OCH3 is 1. The summed E-state index contributed by atoms with van der Waals surface area (Å²) in [5, 5.41) is 13.6. The Labute approximate surface area is 198 Å². The van der Waals surface area contributed by atoms with E-state index < -0.39 is 18.3 Å². The molecule has 0 spiro atoms. The number of fused-ring (bicyclic) bond motifs is 1. The number of carbonyl (C=O) groups is 1. The van der Waals surface area contributed by atoms with Crippen LogP contribution in [0.25, 0.3) is 11.3 Å². The molecule has 3 aromatic heterocycles. The van der Waals surface area contributed by atoms with Gasteiger partial charge in [0, 0.05) is 11.8 Å². The third kappa shape index (κ3) is 4.62. The minimum Gasteiger partial charge on any atom is -0.478 e. The van der Waals surface area contributed by atoms with Crippen molar-refractivity contribution in [2.75, 3.05) is 18.6 Å². The maximum absolute atomic E-state index is 13.1. The van der Waals surface area contributed by atoms with Gasteiger partial charge in [-0.15, -0.1) is 0 Å². The first-order valence-electron chi connectivity index (χ1n) is 10.5. The summed E-state index contributed by atoms with van der Waals surface area (Å²) < 4.78 is 49.3. The minimum absolute atomic E-state index is 0.0884. The molecule has 0 atom stereocenters. The summed E-state index contributed by atoms with van der Waals surface area (Å²) in [5.41, 5.74) is 2.05. The second kappa shape index (κ2) is 8.57. The molecule has 0 aromatic carbocycles. The molecule has 0 N–H and O–H groups in total. The SMILES string of the molecule is COc1ncc(-c2cc(C)c3c(n2)CN(c2cnn(C(C)(C)C#N)c2)C3=O)cc1OCC(F)(F)F. The number of halogens is 3. The lowest BCUT2D eigenvalue weighted by molar-refractivity contribution is -0.153. The molecule has 0 saturated carbocycles. The average molecular weight is 486 g/mol. The van der Waals surface area contributed by atoms with Crippen LogP contribution in [-0.4, -0.2) is 45.5 Å². The van der Waals surface area contributed by atoms with Gasteiger partial charge in [-0.1, -0.05) is 0 Å². The Morgan fingerprint density at radius 1 is 1.23 bits per heavy atom. The molecule has 35 heavy (non-hydrogen) atoms. The lowest BCUT2D eigenvalue weighted by Crippen LogP contribution is -2.25. The molecule has 0 saturated heterocycles. The Balaban J connectivity index is 1.66. The Kier molecular flexibility index (Phi) is 5.88. The molecule has 1 aliphatic heterocycles. The molecule has 1 aliphatic rings. The van der Waals surface area contributed by atoms with E-state index in [0.717, 1.165) is 0 Å². The number of alkyl halides is 3. The van der Waals surface area contributed by atoms with Gasteiger partial charge in [-0.05, 0) is 38.5 Å².